The Kier molecular flexibility index (Phi) is 5.41. The van der Waals surface area contributed by atoms with Crippen molar-refractivity contribution in [3.05, 3.63) is 34.6 Å². The van der Waals surface area contributed by atoms with Gasteiger partial charge < -0.3 is 5.32 Å². The number of benzene rings is 1. The molecule has 0 aliphatic carbocycles. The van der Waals surface area contributed by atoms with Crippen LogP contribution in [0, 0.1) is 11.7 Å². The molecule has 3 heteroatoms. The van der Waals surface area contributed by atoms with Crippen LogP contribution in [0.5, 0.6) is 0 Å². The highest BCUT2D eigenvalue weighted by Gasteiger charge is 2.17. The predicted octanol–water partition coefficient (Wildman–Crippen LogP) is 4.22. The average Bonchev–Trinajstić information content (AvgIpc) is 2.28. The molecule has 0 radical (unpaired) electrons. The second-order valence-corrected chi connectivity index (χ2v) is 5.40. The highest BCUT2D eigenvalue weighted by Crippen LogP contribution is 2.30. The lowest BCUT2D eigenvalue weighted by atomic mass is 9.88. The normalized spacial score (nSPS) is 15.0. The van der Waals surface area contributed by atoms with Crippen LogP contribution in [0.3, 0.4) is 0 Å². The lowest BCUT2D eigenvalue weighted by Gasteiger charge is -2.23. The molecule has 0 spiro atoms. The zero-order chi connectivity index (χ0) is 13.0. The van der Waals surface area contributed by atoms with Crippen LogP contribution in [0.1, 0.15) is 39.2 Å². The molecule has 0 saturated carbocycles. The predicted molar refractivity (Wildman–Crippen MR) is 72.1 cm³/mol. The molecule has 0 aliphatic heterocycles. The summed E-state index contributed by atoms with van der Waals surface area (Å²) in [5.41, 5.74) is 0.893. The molecule has 17 heavy (non-hydrogen) atoms. The van der Waals surface area contributed by atoms with Crippen molar-refractivity contribution in [1.82, 2.24) is 5.32 Å². The molecule has 0 saturated heterocycles. The Labute approximate surface area is 108 Å². The molecule has 2 atom stereocenters. The van der Waals surface area contributed by atoms with Gasteiger partial charge in [-0.3, -0.25) is 0 Å². The number of halogens is 2. The molecule has 2 unspecified atom stereocenters. The van der Waals surface area contributed by atoms with E-state index in [0.717, 1.165) is 12.1 Å². The van der Waals surface area contributed by atoms with Gasteiger partial charge in [-0.2, -0.15) is 0 Å². The van der Waals surface area contributed by atoms with Crippen molar-refractivity contribution in [3.8, 4) is 0 Å². The molecule has 96 valence electrons. The maximum absolute atomic E-state index is 13.2. The Morgan fingerprint density at radius 2 is 1.88 bits per heavy atom. The van der Waals surface area contributed by atoms with Crippen LogP contribution in [0.15, 0.2) is 18.2 Å². The van der Waals surface area contributed by atoms with E-state index >= 15 is 0 Å². The molecule has 1 nitrogen and oxygen atoms in total. The first-order valence-electron chi connectivity index (χ1n) is 6.10. The fourth-order valence-electron chi connectivity index (χ4n) is 1.77. The lowest BCUT2D eigenvalue weighted by Crippen LogP contribution is -2.30. The van der Waals surface area contributed by atoms with Gasteiger partial charge >= 0.3 is 0 Å². The van der Waals surface area contributed by atoms with E-state index in [1.54, 1.807) is 12.1 Å². The highest BCUT2D eigenvalue weighted by atomic mass is 35.5. The second kappa shape index (κ2) is 6.36. The summed E-state index contributed by atoms with van der Waals surface area (Å²) in [5, 5.41) is 4.04. The third-order valence-corrected chi connectivity index (χ3v) is 3.49. The maximum Gasteiger partial charge on any atom is 0.123 e. The first-order chi connectivity index (χ1) is 7.91. The molecule has 0 amide bonds. The van der Waals surface area contributed by atoms with E-state index in [0.29, 0.717) is 17.0 Å². The molecule has 1 aromatic rings. The Balaban J connectivity index is 2.74. The Bertz CT molecular complexity index is 365. The monoisotopic (exact) mass is 257 g/mol. The molecular formula is C14H21ClFN. The van der Waals surface area contributed by atoms with E-state index in [-0.39, 0.29) is 11.7 Å². The van der Waals surface area contributed by atoms with Crippen molar-refractivity contribution in [1.29, 1.82) is 0 Å². The molecule has 1 rings (SSSR count). The van der Waals surface area contributed by atoms with E-state index in [1.165, 1.54) is 6.07 Å². The second-order valence-electron chi connectivity index (χ2n) is 4.99. The van der Waals surface area contributed by atoms with Crippen LogP contribution in [0.4, 0.5) is 4.39 Å². The molecule has 0 bridgehead atoms. The molecular weight excluding hydrogens is 237 g/mol. The topological polar surface area (TPSA) is 12.0 Å². The van der Waals surface area contributed by atoms with E-state index in [2.05, 4.69) is 33.0 Å². The third kappa shape index (κ3) is 4.29. The van der Waals surface area contributed by atoms with E-state index < -0.39 is 0 Å². The standard InChI is InChI=1S/C14H21ClFN/c1-9(2)17-8-10(3)11(4)13-7-12(16)5-6-14(13)15/h5-7,9-11,17H,8H2,1-4H3. The van der Waals surface area contributed by atoms with Crippen molar-refractivity contribution >= 4 is 11.6 Å². The summed E-state index contributed by atoms with van der Waals surface area (Å²) in [7, 11) is 0. The zero-order valence-electron chi connectivity index (χ0n) is 10.9. The number of rotatable bonds is 5. The molecule has 0 aliphatic rings. The molecule has 0 aromatic heterocycles. The Morgan fingerprint density at radius 3 is 2.47 bits per heavy atom. The zero-order valence-corrected chi connectivity index (χ0v) is 11.7. The quantitative estimate of drug-likeness (QED) is 0.833. The van der Waals surface area contributed by atoms with E-state index in [1.807, 2.05) is 0 Å². The van der Waals surface area contributed by atoms with E-state index in [4.69, 9.17) is 11.6 Å². The van der Waals surface area contributed by atoms with Gasteiger partial charge in [0.25, 0.3) is 0 Å². The summed E-state index contributed by atoms with van der Waals surface area (Å²) in [6.07, 6.45) is 0. The third-order valence-electron chi connectivity index (χ3n) is 3.15. The average molecular weight is 258 g/mol. The molecule has 0 heterocycles. The van der Waals surface area contributed by atoms with Crippen LogP contribution in [-0.2, 0) is 0 Å². The van der Waals surface area contributed by atoms with Gasteiger partial charge in [0, 0.05) is 11.1 Å². The summed E-state index contributed by atoms with van der Waals surface area (Å²) in [4.78, 5) is 0. The molecule has 1 aromatic carbocycles. The summed E-state index contributed by atoms with van der Waals surface area (Å²) < 4.78 is 13.2. The first-order valence-corrected chi connectivity index (χ1v) is 6.48. The van der Waals surface area contributed by atoms with Gasteiger partial charge in [0.15, 0.2) is 0 Å². The minimum absolute atomic E-state index is 0.222. The Hall–Kier alpha value is -0.600. The van der Waals surface area contributed by atoms with Gasteiger partial charge in [-0.25, -0.2) is 4.39 Å². The van der Waals surface area contributed by atoms with Crippen LogP contribution >= 0.6 is 11.6 Å². The summed E-state index contributed by atoms with van der Waals surface area (Å²) in [6.45, 7) is 9.39. The fraction of sp³-hybridized carbons (Fsp3) is 0.571. The summed E-state index contributed by atoms with van der Waals surface area (Å²) in [5.74, 6) is 0.432. The summed E-state index contributed by atoms with van der Waals surface area (Å²) in [6, 6.07) is 5.03. The van der Waals surface area contributed by atoms with Gasteiger partial charge in [0.2, 0.25) is 0 Å². The SMILES string of the molecule is CC(C)NCC(C)C(C)c1cc(F)ccc1Cl. The largest absolute Gasteiger partial charge is 0.314 e. The van der Waals surface area contributed by atoms with Crippen molar-refractivity contribution < 1.29 is 4.39 Å². The number of nitrogens with one attached hydrogen (secondary N) is 1. The smallest absolute Gasteiger partial charge is 0.123 e. The highest BCUT2D eigenvalue weighted by molar-refractivity contribution is 6.31. The van der Waals surface area contributed by atoms with Gasteiger partial charge in [-0.1, -0.05) is 39.3 Å². The van der Waals surface area contributed by atoms with Crippen LogP contribution in [0.2, 0.25) is 5.02 Å². The van der Waals surface area contributed by atoms with Crippen molar-refractivity contribution in [2.24, 2.45) is 5.92 Å². The van der Waals surface area contributed by atoms with Gasteiger partial charge in [0.1, 0.15) is 5.82 Å². The lowest BCUT2D eigenvalue weighted by molar-refractivity contribution is 0.425. The van der Waals surface area contributed by atoms with Crippen LogP contribution in [0.25, 0.3) is 0 Å². The Morgan fingerprint density at radius 1 is 1.24 bits per heavy atom. The minimum atomic E-state index is -0.222. The van der Waals surface area contributed by atoms with Crippen LogP contribution in [-0.4, -0.2) is 12.6 Å². The molecule has 1 N–H and O–H groups in total. The fourth-order valence-corrected chi connectivity index (χ4v) is 2.06. The number of hydrogen-bond donors (Lipinski definition) is 1. The van der Waals surface area contributed by atoms with E-state index in [9.17, 15) is 4.39 Å². The summed E-state index contributed by atoms with van der Waals surface area (Å²) >= 11 is 6.11. The van der Waals surface area contributed by atoms with Gasteiger partial charge in [-0.15, -0.1) is 0 Å². The maximum atomic E-state index is 13.2. The van der Waals surface area contributed by atoms with Gasteiger partial charge in [0.05, 0.1) is 0 Å². The minimum Gasteiger partial charge on any atom is -0.314 e. The van der Waals surface area contributed by atoms with Crippen LogP contribution < -0.4 is 5.32 Å². The number of hydrogen-bond acceptors (Lipinski definition) is 1. The molecule has 0 fully saturated rings. The van der Waals surface area contributed by atoms with Gasteiger partial charge in [-0.05, 0) is 42.1 Å². The van der Waals surface area contributed by atoms with Crippen molar-refractivity contribution in [2.75, 3.05) is 6.54 Å². The van der Waals surface area contributed by atoms with Crippen molar-refractivity contribution in [2.45, 2.75) is 39.7 Å². The first kappa shape index (κ1) is 14.5. The van der Waals surface area contributed by atoms with Crippen molar-refractivity contribution in [3.63, 3.8) is 0 Å².